The van der Waals surface area contributed by atoms with Gasteiger partial charge in [-0.1, -0.05) is 17.7 Å². The quantitative estimate of drug-likeness (QED) is 0.567. The molecule has 2 aromatic carbocycles. The second-order valence-electron chi connectivity index (χ2n) is 7.00. The summed E-state index contributed by atoms with van der Waals surface area (Å²) in [5.74, 6) is 0.662. The second-order valence-corrected chi connectivity index (χ2v) is 8.03. The molecule has 0 aliphatic carbocycles. The van der Waals surface area contributed by atoms with Gasteiger partial charge in [-0.25, -0.2) is 4.99 Å². The molecule has 1 saturated heterocycles. The van der Waals surface area contributed by atoms with Crippen LogP contribution >= 0.6 is 11.8 Å². The summed E-state index contributed by atoms with van der Waals surface area (Å²) in [5, 5.41) is 3.42. The van der Waals surface area contributed by atoms with Gasteiger partial charge >= 0.3 is 0 Å². The van der Waals surface area contributed by atoms with Crippen LogP contribution in [-0.2, 0) is 4.79 Å². The van der Waals surface area contributed by atoms with Crippen LogP contribution in [0, 0.1) is 13.8 Å². The maximum Gasteiger partial charge on any atom is 0.264 e. The Balaban J connectivity index is 1.57. The predicted molar refractivity (Wildman–Crippen MR) is 124 cm³/mol. The van der Waals surface area contributed by atoms with E-state index in [9.17, 15) is 4.79 Å². The number of amidine groups is 1. The molecule has 0 atom stereocenters. The van der Waals surface area contributed by atoms with Crippen molar-refractivity contribution in [3.05, 3.63) is 82.5 Å². The number of nitrogens with zero attached hydrogens (tertiary/aromatic N) is 2. The molecular weight excluding hydrogens is 394 g/mol. The van der Waals surface area contributed by atoms with Crippen molar-refractivity contribution in [1.29, 1.82) is 0 Å². The summed E-state index contributed by atoms with van der Waals surface area (Å²) in [4.78, 5) is 17.6. The van der Waals surface area contributed by atoms with Gasteiger partial charge in [-0.2, -0.15) is 0 Å². The van der Waals surface area contributed by atoms with Crippen molar-refractivity contribution < 1.29 is 9.53 Å². The number of carbonyl (C=O) groups excluding carboxylic acids is 1. The lowest BCUT2D eigenvalue weighted by molar-refractivity contribution is -0.115. The minimum atomic E-state index is -0.141. The highest BCUT2D eigenvalue weighted by molar-refractivity contribution is 8.18. The zero-order valence-electron chi connectivity index (χ0n) is 17.2. The first-order chi connectivity index (χ1) is 14.5. The van der Waals surface area contributed by atoms with Gasteiger partial charge in [0, 0.05) is 17.6 Å². The number of aliphatic imine (C=N–C) groups is 1. The number of hydrogen-bond donors (Lipinski definition) is 1. The van der Waals surface area contributed by atoms with E-state index in [1.54, 1.807) is 0 Å². The van der Waals surface area contributed by atoms with Crippen LogP contribution in [0.2, 0.25) is 0 Å². The largest absolute Gasteiger partial charge is 0.494 e. The number of nitrogens with one attached hydrogen (secondary N) is 1. The molecule has 4 rings (SSSR count). The first kappa shape index (κ1) is 20.0. The molecule has 3 aromatic rings. The summed E-state index contributed by atoms with van der Waals surface area (Å²) < 4.78 is 7.55. The average molecular weight is 418 g/mol. The van der Waals surface area contributed by atoms with Gasteiger partial charge in [0.15, 0.2) is 5.17 Å². The number of carbonyl (C=O) groups is 1. The van der Waals surface area contributed by atoms with Crippen molar-refractivity contribution in [2.24, 2.45) is 4.99 Å². The topological polar surface area (TPSA) is 55.6 Å². The monoisotopic (exact) mass is 417 g/mol. The molecule has 1 N–H and O–H groups in total. The molecule has 0 radical (unpaired) electrons. The van der Waals surface area contributed by atoms with E-state index in [1.807, 2.05) is 55.6 Å². The molecule has 1 fully saturated rings. The van der Waals surface area contributed by atoms with E-state index in [0.29, 0.717) is 16.7 Å². The lowest BCUT2D eigenvalue weighted by atomic mass is 10.1. The molecule has 6 heteroatoms. The molecule has 1 aliphatic rings. The highest BCUT2D eigenvalue weighted by Gasteiger charge is 2.24. The SMILES string of the molecule is CCOc1ccc(N=C2NC(=O)/C(=C\c3cccn3-c3ccc(C)cc3C)S2)cc1. The molecule has 0 saturated carbocycles. The summed E-state index contributed by atoms with van der Waals surface area (Å²) >= 11 is 1.34. The second kappa shape index (κ2) is 8.63. The minimum absolute atomic E-state index is 0.141. The summed E-state index contributed by atoms with van der Waals surface area (Å²) in [6, 6.07) is 17.8. The van der Waals surface area contributed by atoms with Gasteiger partial charge < -0.3 is 14.6 Å². The summed E-state index contributed by atoms with van der Waals surface area (Å²) in [7, 11) is 0. The lowest BCUT2D eigenvalue weighted by Crippen LogP contribution is -2.19. The predicted octanol–water partition coefficient (Wildman–Crippen LogP) is 5.38. The van der Waals surface area contributed by atoms with Crippen LogP contribution in [-0.4, -0.2) is 22.2 Å². The Labute approximate surface area is 180 Å². The summed E-state index contributed by atoms with van der Waals surface area (Å²) in [6.45, 7) is 6.75. The van der Waals surface area contributed by atoms with E-state index in [-0.39, 0.29) is 5.91 Å². The zero-order valence-corrected chi connectivity index (χ0v) is 18.0. The zero-order chi connectivity index (χ0) is 21.1. The molecule has 5 nitrogen and oxygen atoms in total. The molecule has 1 aromatic heterocycles. The van der Waals surface area contributed by atoms with Gasteiger partial charge in [-0.05, 0) is 86.6 Å². The number of amides is 1. The molecule has 0 spiro atoms. The van der Waals surface area contributed by atoms with E-state index in [4.69, 9.17) is 4.74 Å². The Kier molecular flexibility index (Phi) is 5.77. The van der Waals surface area contributed by atoms with Gasteiger partial charge in [0.05, 0.1) is 17.2 Å². The van der Waals surface area contributed by atoms with Gasteiger partial charge in [-0.15, -0.1) is 0 Å². The molecule has 152 valence electrons. The van der Waals surface area contributed by atoms with Crippen molar-refractivity contribution in [2.75, 3.05) is 6.61 Å². The normalized spacial score (nSPS) is 16.3. The Morgan fingerprint density at radius 1 is 1.13 bits per heavy atom. The first-order valence-corrected chi connectivity index (χ1v) is 10.6. The molecule has 2 heterocycles. The highest BCUT2D eigenvalue weighted by atomic mass is 32.2. The average Bonchev–Trinajstić information content (AvgIpc) is 3.30. The fourth-order valence-electron chi connectivity index (χ4n) is 3.32. The Morgan fingerprint density at radius 2 is 1.93 bits per heavy atom. The fraction of sp³-hybridized carbons (Fsp3) is 0.167. The van der Waals surface area contributed by atoms with E-state index < -0.39 is 0 Å². The third-order valence-corrected chi connectivity index (χ3v) is 5.61. The number of thioether (sulfide) groups is 1. The van der Waals surface area contributed by atoms with Crippen molar-refractivity contribution in [1.82, 2.24) is 9.88 Å². The van der Waals surface area contributed by atoms with Crippen LogP contribution in [0.1, 0.15) is 23.7 Å². The van der Waals surface area contributed by atoms with E-state index in [1.165, 1.54) is 22.9 Å². The third kappa shape index (κ3) is 4.33. The lowest BCUT2D eigenvalue weighted by Gasteiger charge is -2.11. The number of ether oxygens (including phenoxy) is 1. The van der Waals surface area contributed by atoms with Crippen LogP contribution in [0.3, 0.4) is 0 Å². The number of aryl methyl sites for hydroxylation is 2. The van der Waals surface area contributed by atoms with Gasteiger partial charge in [0.2, 0.25) is 0 Å². The van der Waals surface area contributed by atoms with Crippen LogP contribution in [0.15, 0.2) is 70.7 Å². The maximum atomic E-state index is 12.5. The van der Waals surface area contributed by atoms with Crippen LogP contribution in [0.25, 0.3) is 11.8 Å². The van der Waals surface area contributed by atoms with Crippen molar-refractivity contribution >= 4 is 34.6 Å². The smallest absolute Gasteiger partial charge is 0.264 e. The molecule has 30 heavy (non-hydrogen) atoms. The Bertz CT molecular complexity index is 1140. The van der Waals surface area contributed by atoms with Crippen LogP contribution in [0.4, 0.5) is 5.69 Å². The summed E-state index contributed by atoms with van der Waals surface area (Å²) in [5.41, 5.74) is 5.23. The van der Waals surface area contributed by atoms with E-state index >= 15 is 0 Å². The third-order valence-electron chi connectivity index (χ3n) is 4.70. The molecule has 0 unspecified atom stereocenters. The summed E-state index contributed by atoms with van der Waals surface area (Å²) in [6.07, 6.45) is 3.91. The standard InChI is InChI=1S/C24H23N3O2S/c1-4-29-20-10-8-18(9-11-20)25-24-26-23(28)22(30-24)15-19-6-5-13-27(19)21-12-7-16(2)14-17(21)3/h5-15H,4H2,1-3H3,(H,25,26,28)/b22-15+. The highest BCUT2D eigenvalue weighted by Crippen LogP contribution is 2.29. The van der Waals surface area contributed by atoms with Crippen molar-refractivity contribution in [2.45, 2.75) is 20.8 Å². The van der Waals surface area contributed by atoms with Gasteiger partial charge in [0.1, 0.15) is 5.75 Å². The van der Waals surface area contributed by atoms with Crippen LogP contribution < -0.4 is 10.1 Å². The first-order valence-electron chi connectivity index (χ1n) is 9.81. The number of benzene rings is 2. The number of rotatable bonds is 5. The molecule has 1 amide bonds. The Morgan fingerprint density at radius 3 is 2.67 bits per heavy atom. The van der Waals surface area contributed by atoms with Crippen molar-refractivity contribution in [3.8, 4) is 11.4 Å². The van der Waals surface area contributed by atoms with Gasteiger partial charge in [-0.3, -0.25) is 4.79 Å². The van der Waals surface area contributed by atoms with Gasteiger partial charge in [0.25, 0.3) is 5.91 Å². The molecule has 1 aliphatic heterocycles. The number of aromatic nitrogens is 1. The maximum absolute atomic E-state index is 12.5. The van der Waals surface area contributed by atoms with E-state index in [2.05, 4.69) is 46.9 Å². The fourth-order valence-corrected chi connectivity index (χ4v) is 4.15. The van der Waals surface area contributed by atoms with Crippen LogP contribution in [0.5, 0.6) is 5.75 Å². The van der Waals surface area contributed by atoms with Crippen molar-refractivity contribution in [3.63, 3.8) is 0 Å². The Hall–Kier alpha value is -3.25. The minimum Gasteiger partial charge on any atom is -0.494 e. The number of hydrogen-bond acceptors (Lipinski definition) is 4. The molecule has 0 bridgehead atoms. The van der Waals surface area contributed by atoms with E-state index in [0.717, 1.165) is 22.8 Å². The molecular formula is C24H23N3O2S.